The third kappa shape index (κ3) is 2.74. The first kappa shape index (κ1) is 11.4. The molecule has 0 unspecified atom stereocenters. The lowest BCUT2D eigenvalue weighted by Crippen LogP contribution is -2.16. The number of aliphatic hydroxyl groups excluding tert-OH is 1. The van der Waals surface area contributed by atoms with E-state index in [4.69, 9.17) is 10.00 Å². The summed E-state index contributed by atoms with van der Waals surface area (Å²) < 4.78 is 5.53. The quantitative estimate of drug-likeness (QED) is 0.873. The summed E-state index contributed by atoms with van der Waals surface area (Å²) in [6, 6.07) is 15.6. The fraction of sp³-hybridized carbons (Fsp3) is 0.214. The second-order valence-corrected chi connectivity index (χ2v) is 3.80. The van der Waals surface area contributed by atoms with Crippen molar-refractivity contribution in [3.63, 3.8) is 0 Å². The van der Waals surface area contributed by atoms with Gasteiger partial charge in [0.1, 0.15) is 18.5 Å². The molecule has 0 amide bonds. The maximum absolute atomic E-state index is 9.44. The van der Waals surface area contributed by atoms with E-state index in [0.29, 0.717) is 0 Å². The first-order valence-electron chi connectivity index (χ1n) is 5.47. The van der Waals surface area contributed by atoms with Crippen molar-refractivity contribution >= 4 is 10.8 Å². The smallest absolute Gasteiger partial charge is 0.127 e. The zero-order chi connectivity index (χ0) is 12.1. The molecule has 3 nitrogen and oxygen atoms in total. The molecule has 0 fully saturated rings. The molecule has 86 valence electrons. The number of rotatable bonds is 4. The Labute approximate surface area is 99.9 Å². The highest BCUT2D eigenvalue weighted by Gasteiger charge is 2.06. The molecule has 0 saturated heterocycles. The summed E-state index contributed by atoms with van der Waals surface area (Å²) in [6.45, 7) is 0.140. The third-order valence-corrected chi connectivity index (χ3v) is 2.51. The van der Waals surface area contributed by atoms with Gasteiger partial charge in [-0.2, -0.15) is 5.26 Å². The molecule has 0 bridgehead atoms. The largest absolute Gasteiger partial charge is 0.490 e. The van der Waals surface area contributed by atoms with Crippen LogP contribution < -0.4 is 4.74 Å². The van der Waals surface area contributed by atoms with Gasteiger partial charge in [0.25, 0.3) is 0 Å². The Morgan fingerprint density at radius 2 is 1.94 bits per heavy atom. The van der Waals surface area contributed by atoms with Gasteiger partial charge < -0.3 is 9.84 Å². The van der Waals surface area contributed by atoms with Gasteiger partial charge >= 0.3 is 0 Å². The van der Waals surface area contributed by atoms with Crippen LogP contribution >= 0.6 is 0 Å². The average Bonchev–Trinajstić information content (AvgIpc) is 2.36. The number of hydrogen-bond acceptors (Lipinski definition) is 3. The topological polar surface area (TPSA) is 53.2 Å². The molecule has 0 radical (unpaired) electrons. The van der Waals surface area contributed by atoms with Crippen LogP contribution in [0.5, 0.6) is 5.75 Å². The Bertz CT molecular complexity index is 540. The van der Waals surface area contributed by atoms with E-state index in [1.54, 1.807) is 0 Å². The van der Waals surface area contributed by atoms with Crippen molar-refractivity contribution in [1.29, 1.82) is 5.26 Å². The second kappa shape index (κ2) is 5.33. The molecule has 2 aromatic rings. The molecule has 0 aliphatic heterocycles. The van der Waals surface area contributed by atoms with Gasteiger partial charge in [-0.3, -0.25) is 0 Å². The van der Waals surface area contributed by atoms with Crippen molar-refractivity contribution in [2.75, 3.05) is 6.61 Å². The average molecular weight is 227 g/mol. The minimum Gasteiger partial charge on any atom is -0.490 e. The van der Waals surface area contributed by atoms with Crippen molar-refractivity contribution in [3.8, 4) is 11.8 Å². The molecule has 0 spiro atoms. The number of benzene rings is 2. The number of fused-ring (bicyclic) bond motifs is 1. The number of ether oxygens (including phenoxy) is 1. The normalized spacial score (nSPS) is 12.0. The van der Waals surface area contributed by atoms with Gasteiger partial charge in [0.15, 0.2) is 0 Å². The molecule has 2 aromatic carbocycles. The number of nitrogens with zero attached hydrogens (tertiary/aromatic N) is 1. The molecule has 0 aliphatic carbocycles. The van der Waals surface area contributed by atoms with Crippen LogP contribution in [0.2, 0.25) is 0 Å². The molecule has 17 heavy (non-hydrogen) atoms. The minimum atomic E-state index is -0.737. The maximum atomic E-state index is 9.44. The predicted molar refractivity (Wildman–Crippen MR) is 65.7 cm³/mol. The van der Waals surface area contributed by atoms with Crippen molar-refractivity contribution in [2.45, 2.75) is 12.5 Å². The van der Waals surface area contributed by atoms with Gasteiger partial charge in [-0.25, -0.2) is 0 Å². The van der Waals surface area contributed by atoms with Crippen molar-refractivity contribution in [2.24, 2.45) is 0 Å². The Kier molecular flexibility index (Phi) is 3.59. The van der Waals surface area contributed by atoms with E-state index in [1.807, 2.05) is 48.5 Å². The van der Waals surface area contributed by atoms with Crippen LogP contribution in [0.4, 0.5) is 0 Å². The summed E-state index contributed by atoms with van der Waals surface area (Å²) in [4.78, 5) is 0. The van der Waals surface area contributed by atoms with E-state index in [0.717, 1.165) is 16.5 Å². The first-order valence-corrected chi connectivity index (χ1v) is 5.47. The Hall–Kier alpha value is -2.05. The maximum Gasteiger partial charge on any atom is 0.127 e. The Balaban J connectivity index is 2.16. The zero-order valence-electron chi connectivity index (χ0n) is 9.34. The van der Waals surface area contributed by atoms with Crippen molar-refractivity contribution in [3.05, 3.63) is 42.5 Å². The lowest BCUT2D eigenvalue weighted by molar-refractivity contribution is 0.112. The van der Waals surface area contributed by atoms with Crippen LogP contribution in [0.25, 0.3) is 10.8 Å². The molecule has 1 atom stereocenters. The van der Waals surface area contributed by atoms with Crippen LogP contribution in [0.1, 0.15) is 6.42 Å². The second-order valence-electron chi connectivity index (χ2n) is 3.80. The molecule has 1 N–H and O–H groups in total. The van der Waals surface area contributed by atoms with E-state index in [9.17, 15) is 5.11 Å². The molecule has 3 heteroatoms. The summed E-state index contributed by atoms with van der Waals surface area (Å²) in [5.41, 5.74) is 0. The van der Waals surface area contributed by atoms with Crippen LogP contribution in [0.3, 0.4) is 0 Å². The van der Waals surface area contributed by atoms with Crippen LogP contribution in [-0.4, -0.2) is 17.8 Å². The molecule has 2 rings (SSSR count). The van der Waals surface area contributed by atoms with Crippen LogP contribution in [0.15, 0.2) is 42.5 Å². The van der Waals surface area contributed by atoms with Crippen LogP contribution in [0, 0.1) is 11.3 Å². The van der Waals surface area contributed by atoms with Gasteiger partial charge in [-0.15, -0.1) is 0 Å². The van der Waals surface area contributed by atoms with Gasteiger partial charge in [-0.05, 0) is 11.5 Å². The SMILES string of the molecule is N#CC[C@@H](O)COc1cccc2ccccc12. The lowest BCUT2D eigenvalue weighted by Gasteiger charge is -2.11. The number of hydrogen-bond donors (Lipinski definition) is 1. The Morgan fingerprint density at radius 1 is 1.18 bits per heavy atom. The highest BCUT2D eigenvalue weighted by atomic mass is 16.5. The molecular formula is C14H13NO2. The molecule has 0 aromatic heterocycles. The Morgan fingerprint density at radius 3 is 2.76 bits per heavy atom. The number of aliphatic hydroxyl groups is 1. The van der Waals surface area contributed by atoms with E-state index >= 15 is 0 Å². The van der Waals surface area contributed by atoms with Gasteiger partial charge in [0.2, 0.25) is 0 Å². The molecule has 0 heterocycles. The fourth-order valence-corrected chi connectivity index (χ4v) is 1.67. The predicted octanol–water partition coefficient (Wildman–Crippen LogP) is 2.49. The highest BCUT2D eigenvalue weighted by molar-refractivity contribution is 5.88. The van der Waals surface area contributed by atoms with E-state index in [-0.39, 0.29) is 13.0 Å². The summed E-state index contributed by atoms with van der Waals surface area (Å²) in [7, 11) is 0. The third-order valence-electron chi connectivity index (χ3n) is 2.51. The molecule has 0 aliphatic rings. The lowest BCUT2D eigenvalue weighted by atomic mass is 10.1. The van der Waals surface area contributed by atoms with Crippen LogP contribution in [-0.2, 0) is 0 Å². The monoisotopic (exact) mass is 227 g/mol. The summed E-state index contributed by atoms with van der Waals surface area (Å²) in [6.07, 6.45) is -0.649. The van der Waals surface area contributed by atoms with Crippen molar-refractivity contribution < 1.29 is 9.84 Å². The van der Waals surface area contributed by atoms with E-state index in [2.05, 4.69) is 0 Å². The van der Waals surface area contributed by atoms with E-state index in [1.165, 1.54) is 0 Å². The summed E-state index contributed by atoms with van der Waals surface area (Å²) in [5, 5.41) is 20.0. The minimum absolute atomic E-state index is 0.0881. The van der Waals surface area contributed by atoms with E-state index < -0.39 is 6.10 Å². The van der Waals surface area contributed by atoms with Gasteiger partial charge in [0.05, 0.1) is 12.5 Å². The van der Waals surface area contributed by atoms with Crippen molar-refractivity contribution in [1.82, 2.24) is 0 Å². The first-order chi connectivity index (χ1) is 8.31. The van der Waals surface area contributed by atoms with Gasteiger partial charge in [-0.1, -0.05) is 36.4 Å². The van der Waals surface area contributed by atoms with Gasteiger partial charge in [0, 0.05) is 5.39 Å². The molecule has 0 saturated carbocycles. The fourth-order valence-electron chi connectivity index (χ4n) is 1.67. The highest BCUT2D eigenvalue weighted by Crippen LogP contribution is 2.25. The summed E-state index contributed by atoms with van der Waals surface area (Å²) in [5.74, 6) is 0.736. The molecular weight excluding hydrogens is 214 g/mol. The number of nitriles is 1. The zero-order valence-corrected chi connectivity index (χ0v) is 9.34. The standard InChI is InChI=1S/C14H13NO2/c15-9-8-12(16)10-17-14-7-3-5-11-4-1-2-6-13(11)14/h1-7,12,16H,8,10H2/t12-/m1/s1. The summed E-state index contributed by atoms with van der Waals surface area (Å²) >= 11 is 0.